The van der Waals surface area contributed by atoms with Crippen LogP contribution in [0, 0.1) is 44.8 Å². The van der Waals surface area contributed by atoms with Crippen LogP contribution in [0.1, 0.15) is 119 Å². The normalized spacial score (nSPS) is 43.4. The highest BCUT2D eigenvalue weighted by Crippen LogP contribution is 2.72. The third-order valence-electron chi connectivity index (χ3n) is 12.5. The first-order chi connectivity index (χ1) is 16.7. The molecule has 0 aromatic carbocycles. The standard InChI is InChI=1S/C32H53NO3/c1-9-10-15-29(4,27(35)36-8)20-21-12-11-16-31(6)22(21)19-23(34)26-30(5)17-14-25(33)28(2,3)24(30)13-18-32(26,31)7/h19,21,24-26H,9-18,20,33H2,1-8H3/t21?,24?,25?,26-,29+,30+,31-,32-/m1/s1. The first kappa shape index (κ1) is 27.9. The summed E-state index contributed by atoms with van der Waals surface area (Å²) in [5, 5.41) is 0. The molecular formula is C32H53NO3. The summed E-state index contributed by atoms with van der Waals surface area (Å²) in [7, 11) is 1.52. The Morgan fingerprint density at radius 1 is 1.11 bits per heavy atom. The first-order valence-electron chi connectivity index (χ1n) is 14.8. The Kier molecular flexibility index (Phi) is 7.15. The molecule has 3 unspecified atom stereocenters. The lowest BCUT2D eigenvalue weighted by atomic mass is 9.35. The minimum absolute atomic E-state index is 0.00599. The Balaban J connectivity index is 1.75. The Labute approximate surface area is 220 Å². The molecule has 0 aromatic heterocycles. The van der Waals surface area contributed by atoms with Crippen molar-refractivity contribution in [1.29, 1.82) is 0 Å². The van der Waals surface area contributed by atoms with Crippen LogP contribution in [0.5, 0.6) is 0 Å². The number of allylic oxidation sites excluding steroid dienone is 2. The zero-order valence-corrected chi connectivity index (χ0v) is 24.5. The van der Waals surface area contributed by atoms with Crippen molar-refractivity contribution in [1.82, 2.24) is 0 Å². The molecule has 0 spiro atoms. The minimum atomic E-state index is -0.498. The van der Waals surface area contributed by atoms with Crippen molar-refractivity contribution in [3.63, 3.8) is 0 Å². The predicted octanol–water partition coefficient (Wildman–Crippen LogP) is 7.25. The summed E-state index contributed by atoms with van der Waals surface area (Å²) >= 11 is 0. The Morgan fingerprint density at radius 2 is 1.81 bits per heavy atom. The van der Waals surface area contributed by atoms with Crippen molar-refractivity contribution < 1.29 is 14.3 Å². The number of unbranched alkanes of at least 4 members (excludes halogenated alkanes) is 1. The molecule has 0 radical (unpaired) electrons. The van der Waals surface area contributed by atoms with Gasteiger partial charge >= 0.3 is 5.97 Å². The smallest absolute Gasteiger partial charge is 0.311 e. The van der Waals surface area contributed by atoms with E-state index in [9.17, 15) is 9.59 Å². The molecule has 0 amide bonds. The van der Waals surface area contributed by atoms with E-state index >= 15 is 0 Å². The molecule has 4 aliphatic rings. The fourth-order valence-electron chi connectivity index (χ4n) is 10.2. The van der Waals surface area contributed by atoms with Crippen LogP contribution in [-0.4, -0.2) is 24.9 Å². The zero-order valence-electron chi connectivity index (χ0n) is 24.5. The van der Waals surface area contributed by atoms with Crippen LogP contribution < -0.4 is 5.73 Å². The second-order valence-electron chi connectivity index (χ2n) is 14.7. The molecular weight excluding hydrogens is 446 g/mol. The molecule has 8 atom stereocenters. The monoisotopic (exact) mass is 499 g/mol. The van der Waals surface area contributed by atoms with Gasteiger partial charge in [-0.2, -0.15) is 0 Å². The molecule has 0 aliphatic heterocycles. The third-order valence-corrected chi connectivity index (χ3v) is 12.5. The molecule has 0 saturated heterocycles. The second-order valence-corrected chi connectivity index (χ2v) is 14.7. The van der Waals surface area contributed by atoms with Gasteiger partial charge in [-0.15, -0.1) is 0 Å². The highest BCUT2D eigenvalue weighted by Gasteiger charge is 2.68. The highest BCUT2D eigenvalue weighted by atomic mass is 16.5. The maximum absolute atomic E-state index is 14.3. The lowest BCUT2D eigenvalue weighted by Gasteiger charge is -2.69. The van der Waals surface area contributed by atoms with Crippen LogP contribution in [0.4, 0.5) is 0 Å². The average Bonchev–Trinajstić information content (AvgIpc) is 2.81. The quantitative estimate of drug-likeness (QED) is 0.391. The van der Waals surface area contributed by atoms with Gasteiger partial charge in [0.2, 0.25) is 0 Å². The summed E-state index contributed by atoms with van der Waals surface area (Å²) in [5.41, 5.74) is 7.49. The van der Waals surface area contributed by atoms with Gasteiger partial charge in [0.15, 0.2) is 5.78 Å². The molecule has 0 aromatic rings. The first-order valence-corrected chi connectivity index (χ1v) is 14.8. The lowest BCUT2D eigenvalue weighted by molar-refractivity contribution is -0.182. The van der Waals surface area contributed by atoms with Gasteiger partial charge in [0, 0.05) is 12.0 Å². The molecule has 4 nitrogen and oxygen atoms in total. The Hall–Kier alpha value is -1.16. The fourth-order valence-corrected chi connectivity index (χ4v) is 10.2. The minimum Gasteiger partial charge on any atom is -0.469 e. The van der Waals surface area contributed by atoms with E-state index in [1.54, 1.807) is 0 Å². The third kappa shape index (κ3) is 3.86. The van der Waals surface area contributed by atoms with Crippen molar-refractivity contribution >= 4 is 11.8 Å². The Bertz CT molecular complexity index is 922. The van der Waals surface area contributed by atoms with Crippen LogP contribution in [0.3, 0.4) is 0 Å². The van der Waals surface area contributed by atoms with Gasteiger partial charge in [-0.3, -0.25) is 9.59 Å². The van der Waals surface area contributed by atoms with Crippen LogP contribution in [0.25, 0.3) is 0 Å². The number of fused-ring (bicyclic) bond motifs is 5. The molecule has 4 rings (SSSR count). The molecule has 0 heterocycles. The zero-order chi connectivity index (χ0) is 26.7. The molecule has 2 N–H and O–H groups in total. The van der Waals surface area contributed by atoms with E-state index in [2.05, 4.69) is 54.5 Å². The van der Waals surface area contributed by atoms with Crippen LogP contribution in [-0.2, 0) is 14.3 Å². The van der Waals surface area contributed by atoms with Gasteiger partial charge in [-0.05, 0) is 97.9 Å². The summed E-state index contributed by atoms with van der Waals surface area (Å²) in [5.74, 6) is 1.06. The maximum atomic E-state index is 14.3. The Morgan fingerprint density at radius 3 is 2.44 bits per heavy atom. The number of carbonyl (C=O) groups excluding carboxylic acids is 2. The van der Waals surface area contributed by atoms with Crippen molar-refractivity contribution in [3.05, 3.63) is 11.6 Å². The van der Waals surface area contributed by atoms with E-state index in [0.29, 0.717) is 11.7 Å². The number of methoxy groups -OCH3 is 1. The van der Waals surface area contributed by atoms with Crippen molar-refractivity contribution in [2.24, 2.45) is 50.6 Å². The van der Waals surface area contributed by atoms with Crippen LogP contribution in [0.15, 0.2) is 11.6 Å². The van der Waals surface area contributed by atoms with Gasteiger partial charge < -0.3 is 10.5 Å². The summed E-state index contributed by atoms with van der Waals surface area (Å²) in [6.07, 6.45) is 13.5. The molecule has 4 heteroatoms. The van der Waals surface area contributed by atoms with E-state index in [0.717, 1.165) is 70.6 Å². The molecule has 4 aliphatic carbocycles. The SMILES string of the molecule is CCCC[C@@](C)(CC1CCC[C@]2(C)C1=CC(=O)[C@@H]1[C@@]3(C)CCC(N)C(C)(C)C3CC[C@]12C)C(=O)OC. The number of ketones is 1. The molecule has 36 heavy (non-hydrogen) atoms. The number of esters is 1. The van der Waals surface area contributed by atoms with Gasteiger partial charge in [-0.1, -0.05) is 66.4 Å². The summed E-state index contributed by atoms with van der Waals surface area (Å²) < 4.78 is 5.31. The number of nitrogens with two attached hydrogens (primary N) is 1. The maximum Gasteiger partial charge on any atom is 0.311 e. The van der Waals surface area contributed by atoms with Gasteiger partial charge in [-0.25, -0.2) is 0 Å². The molecule has 3 saturated carbocycles. The predicted molar refractivity (Wildman–Crippen MR) is 146 cm³/mol. The van der Waals surface area contributed by atoms with Gasteiger partial charge in [0.1, 0.15) is 0 Å². The number of hydrogen-bond donors (Lipinski definition) is 1. The van der Waals surface area contributed by atoms with Crippen molar-refractivity contribution in [3.8, 4) is 0 Å². The van der Waals surface area contributed by atoms with Crippen molar-refractivity contribution in [2.45, 2.75) is 125 Å². The number of ether oxygens (including phenoxy) is 1. The van der Waals surface area contributed by atoms with E-state index in [4.69, 9.17) is 10.5 Å². The number of rotatable bonds is 6. The number of hydrogen-bond acceptors (Lipinski definition) is 4. The average molecular weight is 500 g/mol. The van der Waals surface area contributed by atoms with Crippen LogP contribution in [0.2, 0.25) is 0 Å². The lowest BCUT2D eigenvalue weighted by Crippen LogP contribution is -2.66. The van der Waals surface area contributed by atoms with E-state index in [-0.39, 0.29) is 45.5 Å². The summed E-state index contributed by atoms with van der Waals surface area (Å²) in [4.78, 5) is 27.2. The largest absolute Gasteiger partial charge is 0.469 e. The van der Waals surface area contributed by atoms with E-state index < -0.39 is 5.41 Å². The van der Waals surface area contributed by atoms with E-state index in [1.165, 1.54) is 12.7 Å². The highest BCUT2D eigenvalue weighted by molar-refractivity contribution is 5.95. The summed E-state index contributed by atoms with van der Waals surface area (Å²) in [6.45, 7) is 16.3. The van der Waals surface area contributed by atoms with Gasteiger partial charge in [0.05, 0.1) is 12.5 Å². The summed E-state index contributed by atoms with van der Waals surface area (Å²) in [6, 6.07) is 0.207. The van der Waals surface area contributed by atoms with Crippen LogP contribution >= 0.6 is 0 Å². The molecule has 204 valence electrons. The van der Waals surface area contributed by atoms with Gasteiger partial charge in [0.25, 0.3) is 0 Å². The number of carbonyl (C=O) groups is 2. The van der Waals surface area contributed by atoms with Crippen molar-refractivity contribution in [2.75, 3.05) is 7.11 Å². The van der Waals surface area contributed by atoms with E-state index in [1.807, 2.05) is 0 Å². The topological polar surface area (TPSA) is 69.4 Å². The molecule has 0 bridgehead atoms. The fraction of sp³-hybridized carbons (Fsp3) is 0.875. The molecule has 3 fully saturated rings. The second kappa shape index (κ2) is 9.24.